The quantitative estimate of drug-likeness (QED) is 0.612. The lowest BCUT2D eigenvalue weighted by Gasteiger charge is -2.47. The number of rotatable bonds is 5. The number of nitrogens with zero attached hydrogens (tertiary/aromatic N) is 5. The van der Waals surface area contributed by atoms with Crippen molar-refractivity contribution in [1.29, 1.82) is 0 Å². The summed E-state index contributed by atoms with van der Waals surface area (Å²) in [6.07, 6.45) is 1.90. The first kappa shape index (κ1) is 18.0. The van der Waals surface area contributed by atoms with E-state index >= 15 is 0 Å². The molecule has 3 aliphatic heterocycles. The Morgan fingerprint density at radius 3 is 2.70 bits per heavy atom. The summed E-state index contributed by atoms with van der Waals surface area (Å²) in [5, 5.41) is 3.55. The number of aromatic nitrogens is 2. The van der Waals surface area contributed by atoms with Gasteiger partial charge in [-0.25, -0.2) is 4.98 Å². The number of guanidine groups is 1. The summed E-state index contributed by atoms with van der Waals surface area (Å²) in [5.74, 6) is 1.84. The molecule has 3 saturated heterocycles. The lowest BCUT2D eigenvalue weighted by atomic mass is 10.1. The predicted octanol–water partition coefficient (Wildman–Crippen LogP) is 1.08. The van der Waals surface area contributed by atoms with Gasteiger partial charge in [0.15, 0.2) is 5.96 Å². The van der Waals surface area contributed by atoms with Gasteiger partial charge in [0.05, 0.1) is 18.4 Å². The van der Waals surface area contributed by atoms with Gasteiger partial charge in [0.1, 0.15) is 5.82 Å². The Balaban J connectivity index is 1.33. The average Bonchev–Trinajstić information content (AvgIpc) is 3.18. The second kappa shape index (κ2) is 8.10. The van der Waals surface area contributed by atoms with Gasteiger partial charge in [-0.15, -0.1) is 0 Å². The monoisotopic (exact) mass is 367 g/mol. The molecule has 27 heavy (non-hydrogen) atoms. The maximum absolute atomic E-state index is 4.54. The number of fused-ring (bicyclic) bond motifs is 3. The van der Waals surface area contributed by atoms with E-state index in [-0.39, 0.29) is 0 Å². The fraction of sp³-hybridized carbons (Fsp3) is 0.500. The van der Waals surface area contributed by atoms with Crippen molar-refractivity contribution >= 4 is 5.96 Å². The minimum absolute atomic E-state index is 0.575. The van der Waals surface area contributed by atoms with Crippen LogP contribution >= 0.6 is 0 Å². The first-order valence-corrected chi connectivity index (χ1v) is 9.70. The van der Waals surface area contributed by atoms with Crippen LogP contribution in [0, 0.1) is 0 Å². The second-order valence-corrected chi connectivity index (χ2v) is 7.38. The van der Waals surface area contributed by atoms with Gasteiger partial charge in [0.2, 0.25) is 0 Å². The number of aliphatic imine (C=N–C) groups is 1. The number of aromatic amines is 1. The molecule has 7 nitrogen and oxygen atoms in total. The van der Waals surface area contributed by atoms with Gasteiger partial charge >= 0.3 is 0 Å². The molecule has 3 fully saturated rings. The van der Waals surface area contributed by atoms with Crippen LogP contribution in [0.25, 0.3) is 11.3 Å². The molecular formula is C20H29N7. The number of H-pyrrole nitrogens is 1. The maximum Gasteiger partial charge on any atom is 0.193 e. The van der Waals surface area contributed by atoms with Crippen molar-refractivity contribution in [3.8, 4) is 11.3 Å². The maximum atomic E-state index is 4.54. The van der Waals surface area contributed by atoms with Gasteiger partial charge in [-0.3, -0.25) is 14.8 Å². The Labute approximate surface area is 161 Å². The van der Waals surface area contributed by atoms with Gasteiger partial charge in [-0.2, -0.15) is 0 Å². The van der Waals surface area contributed by atoms with E-state index in [0.717, 1.165) is 36.1 Å². The van der Waals surface area contributed by atoms with Gasteiger partial charge in [-0.05, 0) is 5.56 Å². The van der Waals surface area contributed by atoms with Crippen LogP contribution in [0.1, 0.15) is 5.82 Å². The third-order valence-corrected chi connectivity index (χ3v) is 5.56. The third kappa shape index (κ3) is 4.14. The number of benzene rings is 1. The van der Waals surface area contributed by atoms with E-state index in [4.69, 9.17) is 0 Å². The summed E-state index contributed by atoms with van der Waals surface area (Å²) >= 11 is 0. The number of hydrogen-bond acceptors (Lipinski definition) is 4. The fourth-order valence-corrected chi connectivity index (χ4v) is 4.02. The van der Waals surface area contributed by atoms with Crippen molar-refractivity contribution in [2.75, 3.05) is 53.4 Å². The molecule has 7 heteroatoms. The molecule has 0 aliphatic carbocycles. The van der Waals surface area contributed by atoms with Gasteiger partial charge in [-0.1, -0.05) is 30.3 Å². The van der Waals surface area contributed by atoms with Crippen LogP contribution in [0.5, 0.6) is 0 Å². The topological polar surface area (TPSA) is 62.8 Å². The highest BCUT2D eigenvalue weighted by atomic mass is 15.4. The van der Waals surface area contributed by atoms with E-state index in [1.807, 2.05) is 31.4 Å². The lowest BCUT2D eigenvalue weighted by molar-refractivity contribution is 0.0152. The molecule has 1 aromatic carbocycles. The molecular weight excluding hydrogens is 338 g/mol. The third-order valence-electron chi connectivity index (χ3n) is 5.56. The van der Waals surface area contributed by atoms with E-state index in [0.29, 0.717) is 12.6 Å². The summed E-state index contributed by atoms with van der Waals surface area (Å²) in [6, 6.07) is 10.9. The highest BCUT2D eigenvalue weighted by Gasteiger charge is 2.31. The Morgan fingerprint density at radius 1 is 1.26 bits per heavy atom. The smallest absolute Gasteiger partial charge is 0.193 e. The number of imidazole rings is 1. The van der Waals surface area contributed by atoms with Crippen molar-refractivity contribution in [3.05, 3.63) is 42.4 Å². The average molecular weight is 368 g/mol. The first-order chi connectivity index (χ1) is 13.2. The van der Waals surface area contributed by atoms with E-state index in [9.17, 15) is 0 Å². The molecule has 5 rings (SSSR count). The fourth-order valence-electron chi connectivity index (χ4n) is 4.02. The largest absolute Gasteiger partial charge is 0.355 e. The highest BCUT2D eigenvalue weighted by Crippen LogP contribution is 2.17. The molecule has 0 amide bonds. The zero-order valence-corrected chi connectivity index (χ0v) is 16.2. The summed E-state index contributed by atoms with van der Waals surface area (Å²) in [4.78, 5) is 19.7. The molecule has 144 valence electrons. The van der Waals surface area contributed by atoms with Crippen LogP contribution < -0.4 is 5.32 Å². The number of hydrogen-bond donors (Lipinski definition) is 2. The summed E-state index contributed by atoms with van der Waals surface area (Å²) < 4.78 is 0. The molecule has 4 heterocycles. The molecule has 1 atom stereocenters. The van der Waals surface area contributed by atoms with E-state index in [1.165, 1.54) is 26.2 Å². The summed E-state index contributed by atoms with van der Waals surface area (Å²) in [7, 11) is 3.89. The van der Waals surface area contributed by atoms with E-state index < -0.39 is 0 Å². The van der Waals surface area contributed by atoms with Crippen molar-refractivity contribution < 1.29 is 0 Å². The molecule has 2 aromatic rings. The van der Waals surface area contributed by atoms with E-state index in [2.05, 4.69) is 54.2 Å². The van der Waals surface area contributed by atoms with Crippen molar-refractivity contribution in [2.45, 2.75) is 12.6 Å². The van der Waals surface area contributed by atoms with Crippen LogP contribution in [0.3, 0.4) is 0 Å². The molecule has 3 aliphatic rings. The Bertz CT molecular complexity index is 762. The first-order valence-electron chi connectivity index (χ1n) is 9.70. The Hall–Kier alpha value is -2.38. The second-order valence-electron chi connectivity index (χ2n) is 7.38. The van der Waals surface area contributed by atoms with Crippen molar-refractivity contribution in [1.82, 2.24) is 30.0 Å². The highest BCUT2D eigenvalue weighted by molar-refractivity contribution is 5.79. The SMILES string of the molecule is CN=C(NCC1CN2CCN1CC2)N(C)Cc1ncc(-c2ccccc2)[nH]1. The van der Waals surface area contributed by atoms with Crippen LogP contribution in [-0.2, 0) is 6.54 Å². The molecule has 1 unspecified atom stereocenters. The van der Waals surface area contributed by atoms with Crippen molar-refractivity contribution in [2.24, 2.45) is 4.99 Å². The normalized spacial score (nSPS) is 24.8. The minimum Gasteiger partial charge on any atom is -0.355 e. The number of piperazine rings is 3. The molecule has 1 aromatic heterocycles. The zero-order valence-electron chi connectivity index (χ0n) is 16.2. The van der Waals surface area contributed by atoms with Crippen LogP contribution in [0.2, 0.25) is 0 Å². The molecule has 2 bridgehead atoms. The van der Waals surface area contributed by atoms with Crippen LogP contribution in [0.4, 0.5) is 0 Å². The molecule has 2 N–H and O–H groups in total. The predicted molar refractivity (Wildman–Crippen MR) is 109 cm³/mol. The van der Waals surface area contributed by atoms with Crippen LogP contribution in [-0.4, -0.2) is 90.0 Å². The molecule has 0 saturated carbocycles. The van der Waals surface area contributed by atoms with Gasteiger partial charge < -0.3 is 15.2 Å². The summed E-state index contributed by atoms with van der Waals surface area (Å²) in [5.41, 5.74) is 2.19. The van der Waals surface area contributed by atoms with Gasteiger partial charge in [0.25, 0.3) is 0 Å². The number of nitrogens with one attached hydrogen (secondary N) is 2. The lowest BCUT2D eigenvalue weighted by Crippen LogP contribution is -2.63. The van der Waals surface area contributed by atoms with Crippen LogP contribution in [0.15, 0.2) is 41.5 Å². The standard InChI is InChI=1S/C20H29N7/c1-21-20(23-12-17-14-26-8-10-27(17)11-9-26)25(2)15-19-22-13-18(24-19)16-6-4-3-5-7-16/h3-7,13,17H,8-12,14-15H2,1-2H3,(H,21,23)(H,22,24). The molecule has 0 radical (unpaired) electrons. The van der Waals surface area contributed by atoms with E-state index in [1.54, 1.807) is 0 Å². The Kier molecular flexibility index (Phi) is 5.40. The minimum atomic E-state index is 0.575. The summed E-state index contributed by atoms with van der Waals surface area (Å²) in [6.45, 7) is 7.59. The van der Waals surface area contributed by atoms with Gasteiger partial charge in [0, 0.05) is 59.4 Å². The Morgan fingerprint density at radius 2 is 2.04 bits per heavy atom. The van der Waals surface area contributed by atoms with Crippen molar-refractivity contribution in [3.63, 3.8) is 0 Å². The zero-order chi connectivity index (χ0) is 18.6. The molecule has 0 spiro atoms.